The lowest BCUT2D eigenvalue weighted by molar-refractivity contribution is -0.142. The Labute approximate surface area is 122 Å². The van der Waals surface area contributed by atoms with Gasteiger partial charge in [0.1, 0.15) is 11.8 Å². The zero-order valence-corrected chi connectivity index (χ0v) is 11.8. The second kappa shape index (κ2) is 6.58. The minimum atomic E-state index is -1.14. The number of nitrogens with one attached hydrogen (secondary N) is 1. The summed E-state index contributed by atoms with van der Waals surface area (Å²) in [7, 11) is 1.56. The topological polar surface area (TPSA) is 95.9 Å². The van der Waals surface area contributed by atoms with E-state index < -0.39 is 12.0 Å². The van der Waals surface area contributed by atoms with Crippen LogP contribution in [0.5, 0.6) is 5.75 Å². The molecule has 0 aromatic heterocycles. The van der Waals surface area contributed by atoms with Gasteiger partial charge in [0, 0.05) is 13.0 Å². The van der Waals surface area contributed by atoms with Gasteiger partial charge in [-0.3, -0.25) is 4.79 Å². The number of carbonyl (C=O) groups is 2. The lowest BCUT2D eigenvalue weighted by Crippen LogP contribution is -2.43. The number of aliphatic hydroxyl groups is 1. The Kier molecular flexibility index (Phi) is 4.80. The molecule has 0 bridgehead atoms. The van der Waals surface area contributed by atoms with Crippen LogP contribution in [0.1, 0.15) is 29.9 Å². The van der Waals surface area contributed by atoms with Crippen molar-refractivity contribution in [2.45, 2.75) is 31.2 Å². The number of hydrogen-bond donors (Lipinski definition) is 3. The fourth-order valence-corrected chi connectivity index (χ4v) is 2.64. The van der Waals surface area contributed by atoms with Crippen LogP contribution < -0.4 is 10.1 Å². The molecular weight excluding hydrogens is 274 g/mol. The second-order valence-electron chi connectivity index (χ2n) is 5.07. The number of amides is 1. The van der Waals surface area contributed by atoms with Crippen molar-refractivity contribution >= 4 is 11.9 Å². The van der Waals surface area contributed by atoms with E-state index in [-0.39, 0.29) is 24.9 Å². The van der Waals surface area contributed by atoms with Crippen LogP contribution >= 0.6 is 0 Å². The van der Waals surface area contributed by atoms with Crippen LogP contribution in [0, 0.1) is 0 Å². The molecule has 0 saturated heterocycles. The molecule has 6 heteroatoms. The number of methoxy groups -OCH3 is 1. The average Bonchev–Trinajstić information content (AvgIpc) is 2.89. The second-order valence-corrected chi connectivity index (χ2v) is 5.07. The molecule has 1 aliphatic rings. The minimum Gasteiger partial charge on any atom is -0.497 e. The normalized spacial score (nSPS) is 17.9. The number of aryl methyl sites for hydroxylation is 1. The standard InChI is InChI=1S/C15H19NO5/c1-21-10-4-2-9-3-5-11(12(9)8-10)14(18)16-13(6-7-17)15(19)20/h2,4,8,11,13,17H,3,5-7H2,1H3,(H,16,18)(H,19,20)/t11?,13-/m0/s1. The van der Waals surface area contributed by atoms with E-state index in [0.29, 0.717) is 12.2 Å². The number of rotatable bonds is 6. The van der Waals surface area contributed by atoms with Crippen molar-refractivity contribution in [2.24, 2.45) is 0 Å². The first-order chi connectivity index (χ1) is 10.1. The fraction of sp³-hybridized carbons (Fsp3) is 0.467. The molecule has 0 fully saturated rings. The Morgan fingerprint density at radius 2 is 2.24 bits per heavy atom. The van der Waals surface area contributed by atoms with Crippen LogP contribution in [0.15, 0.2) is 18.2 Å². The Hall–Kier alpha value is -2.08. The number of fused-ring (bicyclic) bond motifs is 1. The molecule has 0 saturated carbocycles. The van der Waals surface area contributed by atoms with Crippen molar-refractivity contribution in [3.63, 3.8) is 0 Å². The summed E-state index contributed by atoms with van der Waals surface area (Å²) in [6.45, 7) is -0.285. The van der Waals surface area contributed by atoms with Crippen LogP contribution in [0.2, 0.25) is 0 Å². The van der Waals surface area contributed by atoms with Gasteiger partial charge in [-0.2, -0.15) is 0 Å². The Morgan fingerprint density at radius 1 is 1.48 bits per heavy atom. The number of aliphatic carboxylic acids is 1. The molecule has 6 nitrogen and oxygen atoms in total. The maximum Gasteiger partial charge on any atom is 0.326 e. The molecule has 0 spiro atoms. The third-order valence-corrected chi connectivity index (χ3v) is 3.78. The van der Waals surface area contributed by atoms with Gasteiger partial charge in [-0.25, -0.2) is 4.79 Å². The average molecular weight is 293 g/mol. The molecule has 1 amide bonds. The van der Waals surface area contributed by atoms with Gasteiger partial charge in [0.05, 0.1) is 13.0 Å². The molecule has 114 valence electrons. The molecular formula is C15H19NO5. The largest absolute Gasteiger partial charge is 0.497 e. The summed E-state index contributed by atoms with van der Waals surface area (Å²) in [5.74, 6) is -1.14. The first kappa shape index (κ1) is 15.3. The van der Waals surface area contributed by atoms with E-state index in [9.17, 15) is 9.59 Å². The summed E-state index contributed by atoms with van der Waals surface area (Å²) in [6, 6.07) is 4.56. The summed E-state index contributed by atoms with van der Waals surface area (Å²) < 4.78 is 5.17. The third kappa shape index (κ3) is 3.33. The maximum atomic E-state index is 12.3. The van der Waals surface area contributed by atoms with Gasteiger partial charge >= 0.3 is 5.97 Å². The van der Waals surface area contributed by atoms with Crippen molar-refractivity contribution in [2.75, 3.05) is 13.7 Å². The Bertz CT molecular complexity index is 543. The Balaban J connectivity index is 2.14. The summed E-state index contributed by atoms with van der Waals surface area (Å²) in [5, 5.41) is 20.4. The smallest absolute Gasteiger partial charge is 0.326 e. The quantitative estimate of drug-likeness (QED) is 0.716. The van der Waals surface area contributed by atoms with E-state index in [1.165, 1.54) is 0 Å². The van der Waals surface area contributed by atoms with Gasteiger partial charge in [0.2, 0.25) is 5.91 Å². The molecule has 0 aliphatic heterocycles. The highest BCUT2D eigenvalue weighted by atomic mass is 16.5. The number of carboxylic acids is 1. The number of carboxylic acid groups (broad SMARTS) is 1. The van der Waals surface area contributed by atoms with Gasteiger partial charge < -0.3 is 20.3 Å². The van der Waals surface area contributed by atoms with E-state index >= 15 is 0 Å². The highest BCUT2D eigenvalue weighted by Gasteiger charge is 2.31. The van der Waals surface area contributed by atoms with Crippen LogP contribution in [0.4, 0.5) is 0 Å². The number of hydrogen-bond acceptors (Lipinski definition) is 4. The van der Waals surface area contributed by atoms with Crippen molar-refractivity contribution in [3.05, 3.63) is 29.3 Å². The maximum absolute atomic E-state index is 12.3. The van der Waals surface area contributed by atoms with Crippen LogP contribution in [-0.2, 0) is 16.0 Å². The van der Waals surface area contributed by atoms with E-state index in [0.717, 1.165) is 17.5 Å². The van der Waals surface area contributed by atoms with E-state index in [1.54, 1.807) is 7.11 Å². The van der Waals surface area contributed by atoms with Crippen molar-refractivity contribution < 1.29 is 24.5 Å². The predicted octanol–water partition coefficient (Wildman–Crippen LogP) is 0.677. The number of benzene rings is 1. The summed E-state index contributed by atoms with van der Waals surface area (Å²) in [6.07, 6.45) is 1.44. The molecule has 21 heavy (non-hydrogen) atoms. The van der Waals surface area contributed by atoms with Gasteiger partial charge in [0.15, 0.2) is 0 Å². The summed E-state index contributed by atoms with van der Waals surface area (Å²) in [5.41, 5.74) is 1.98. The fourth-order valence-electron chi connectivity index (χ4n) is 2.64. The number of ether oxygens (including phenoxy) is 1. The molecule has 1 aromatic carbocycles. The molecule has 3 N–H and O–H groups in total. The zero-order chi connectivity index (χ0) is 15.4. The molecule has 1 aromatic rings. The lowest BCUT2D eigenvalue weighted by atomic mass is 9.99. The SMILES string of the molecule is COc1ccc2c(c1)C(C(=O)N[C@@H](CCO)C(=O)O)CC2. The van der Waals surface area contributed by atoms with Gasteiger partial charge in [-0.05, 0) is 36.1 Å². The Morgan fingerprint density at radius 3 is 2.86 bits per heavy atom. The first-order valence-electron chi connectivity index (χ1n) is 6.87. The highest BCUT2D eigenvalue weighted by Crippen LogP contribution is 2.35. The number of carbonyl (C=O) groups excluding carboxylic acids is 1. The van der Waals surface area contributed by atoms with E-state index in [1.807, 2.05) is 18.2 Å². The predicted molar refractivity (Wildman–Crippen MR) is 75.3 cm³/mol. The van der Waals surface area contributed by atoms with Gasteiger partial charge in [-0.1, -0.05) is 6.07 Å². The molecule has 0 heterocycles. The van der Waals surface area contributed by atoms with Crippen molar-refractivity contribution in [1.29, 1.82) is 0 Å². The third-order valence-electron chi connectivity index (χ3n) is 3.78. The van der Waals surface area contributed by atoms with Crippen molar-refractivity contribution in [3.8, 4) is 5.75 Å². The van der Waals surface area contributed by atoms with Crippen molar-refractivity contribution in [1.82, 2.24) is 5.32 Å². The van der Waals surface area contributed by atoms with Crippen LogP contribution in [-0.4, -0.2) is 41.8 Å². The molecule has 0 radical (unpaired) electrons. The van der Waals surface area contributed by atoms with Crippen LogP contribution in [0.3, 0.4) is 0 Å². The summed E-state index contributed by atoms with van der Waals surface area (Å²) in [4.78, 5) is 23.3. The monoisotopic (exact) mass is 293 g/mol. The van der Waals surface area contributed by atoms with Gasteiger partial charge in [-0.15, -0.1) is 0 Å². The molecule has 1 unspecified atom stereocenters. The highest BCUT2D eigenvalue weighted by molar-refractivity contribution is 5.89. The zero-order valence-electron chi connectivity index (χ0n) is 11.8. The molecule has 1 aliphatic carbocycles. The van der Waals surface area contributed by atoms with Crippen LogP contribution in [0.25, 0.3) is 0 Å². The molecule has 2 atom stereocenters. The van der Waals surface area contributed by atoms with Gasteiger partial charge in [0.25, 0.3) is 0 Å². The molecule has 2 rings (SSSR count). The number of aliphatic hydroxyl groups excluding tert-OH is 1. The lowest BCUT2D eigenvalue weighted by Gasteiger charge is -2.17. The van der Waals surface area contributed by atoms with E-state index in [4.69, 9.17) is 14.9 Å². The summed E-state index contributed by atoms with van der Waals surface area (Å²) >= 11 is 0. The van der Waals surface area contributed by atoms with E-state index in [2.05, 4.69) is 5.32 Å². The first-order valence-corrected chi connectivity index (χ1v) is 6.87. The minimum absolute atomic E-state index is 0.00123.